The van der Waals surface area contributed by atoms with Crippen molar-refractivity contribution in [1.29, 1.82) is 0 Å². The molecular formula is C22H22N2O3S. The number of amides is 1. The van der Waals surface area contributed by atoms with Gasteiger partial charge in [0.05, 0.1) is 5.69 Å². The Balaban J connectivity index is 1.65. The van der Waals surface area contributed by atoms with Crippen molar-refractivity contribution in [2.24, 2.45) is 0 Å². The monoisotopic (exact) mass is 394 g/mol. The Bertz CT molecular complexity index is 954. The SMILES string of the molecule is Cc1nc(-c2ccccc2)sc1C(=O)O[C@H](C)C(=O)N(C)Cc1ccccc1. The normalized spacial score (nSPS) is 11.7. The topological polar surface area (TPSA) is 59.5 Å². The maximum absolute atomic E-state index is 12.6. The van der Waals surface area contributed by atoms with Crippen LogP contribution in [0.4, 0.5) is 0 Å². The number of thiazole rings is 1. The number of hydrogen-bond acceptors (Lipinski definition) is 5. The molecule has 3 rings (SSSR count). The fraction of sp³-hybridized carbons (Fsp3) is 0.227. The minimum atomic E-state index is -0.872. The molecule has 0 saturated carbocycles. The Morgan fingerprint density at radius 2 is 1.68 bits per heavy atom. The molecule has 144 valence electrons. The van der Waals surface area contributed by atoms with Crippen LogP contribution in [0.25, 0.3) is 10.6 Å². The molecule has 0 N–H and O–H groups in total. The van der Waals surface area contributed by atoms with Crippen LogP contribution in [0.2, 0.25) is 0 Å². The molecule has 5 nitrogen and oxygen atoms in total. The summed E-state index contributed by atoms with van der Waals surface area (Å²) >= 11 is 1.27. The number of rotatable bonds is 6. The van der Waals surface area contributed by atoms with Gasteiger partial charge in [0.25, 0.3) is 5.91 Å². The third-order valence-electron chi connectivity index (χ3n) is 4.27. The number of carbonyl (C=O) groups is 2. The second-order valence-electron chi connectivity index (χ2n) is 6.53. The Hall–Kier alpha value is -2.99. The van der Waals surface area contributed by atoms with E-state index >= 15 is 0 Å². The van der Waals surface area contributed by atoms with Crippen molar-refractivity contribution in [2.45, 2.75) is 26.5 Å². The van der Waals surface area contributed by atoms with Crippen LogP contribution in [-0.2, 0) is 16.1 Å². The Morgan fingerprint density at radius 1 is 1.07 bits per heavy atom. The molecule has 0 fully saturated rings. The predicted octanol–water partition coefficient (Wildman–Crippen LogP) is 4.32. The van der Waals surface area contributed by atoms with Gasteiger partial charge in [0.2, 0.25) is 0 Å². The van der Waals surface area contributed by atoms with Gasteiger partial charge in [-0.2, -0.15) is 0 Å². The van der Waals surface area contributed by atoms with Crippen LogP contribution in [0.3, 0.4) is 0 Å². The average Bonchev–Trinajstić information content (AvgIpc) is 3.10. The maximum atomic E-state index is 12.6. The molecular weight excluding hydrogens is 372 g/mol. The van der Waals surface area contributed by atoms with Crippen molar-refractivity contribution in [3.8, 4) is 10.6 Å². The van der Waals surface area contributed by atoms with Gasteiger partial charge in [-0.05, 0) is 19.4 Å². The van der Waals surface area contributed by atoms with E-state index in [1.165, 1.54) is 11.3 Å². The number of aryl methyl sites for hydroxylation is 1. The maximum Gasteiger partial charge on any atom is 0.351 e. The summed E-state index contributed by atoms with van der Waals surface area (Å²) in [5.74, 6) is -0.770. The van der Waals surface area contributed by atoms with E-state index < -0.39 is 12.1 Å². The van der Waals surface area contributed by atoms with Gasteiger partial charge in [-0.1, -0.05) is 60.7 Å². The fourth-order valence-electron chi connectivity index (χ4n) is 2.80. The van der Waals surface area contributed by atoms with Gasteiger partial charge in [-0.15, -0.1) is 11.3 Å². The van der Waals surface area contributed by atoms with Crippen molar-refractivity contribution in [3.63, 3.8) is 0 Å². The first-order valence-electron chi connectivity index (χ1n) is 8.98. The molecule has 0 spiro atoms. The van der Waals surface area contributed by atoms with Gasteiger partial charge >= 0.3 is 5.97 Å². The highest BCUT2D eigenvalue weighted by Crippen LogP contribution is 2.28. The number of ether oxygens (including phenoxy) is 1. The summed E-state index contributed by atoms with van der Waals surface area (Å²) in [6.45, 7) is 3.82. The quantitative estimate of drug-likeness (QED) is 0.584. The number of hydrogen-bond donors (Lipinski definition) is 0. The van der Waals surface area contributed by atoms with Crippen LogP contribution >= 0.6 is 11.3 Å². The lowest BCUT2D eigenvalue weighted by atomic mass is 10.2. The highest BCUT2D eigenvalue weighted by atomic mass is 32.1. The largest absolute Gasteiger partial charge is 0.448 e. The zero-order valence-corrected chi connectivity index (χ0v) is 16.9. The smallest absolute Gasteiger partial charge is 0.351 e. The third-order valence-corrected chi connectivity index (χ3v) is 5.46. The fourth-order valence-corrected chi connectivity index (χ4v) is 3.75. The van der Waals surface area contributed by atoms with Gasteiger partial charge in [-0.3, -0.25) is 4.79 Å². The van der Waals surface area contributed by atoms with Crippen LogP contribution in [0.1, 0.15) is 27.9 Å². The van der Waals surface area contributed by atoms with E-state index in [-0.39, 0.29) is 5.91 Å². The summed E-state index contributed by atoms with van der Waals surface area (Å²) in [5, 5.41) is 0.755. The molecule has 3 aromatic rings. The Kier molecular flexibility index (Phi) is 6.21. The third kappa shape index (κ3) is 4.64. The van der Waals surface area contributed by atoms with Crippen molar-refractivity contribution in [3.05, 3.63) is 76.8 Å². The van der Waals surface area contributed by atoms with E-state index in [1.54, 1.807) is 25.8 Å². The molecule has 0 unspecified atom stereocenters. The standard InChI is InChI=1S/C22H22N2O3S/c1-15-19(28-20(23-15)18-12-8-5-9-13-18)22(26)27-16(2)21(25)24(3)14-17-10-6-4-7-11-17/h4-13,16H,14H2,1-3H3/t16-/m1/s1. The molecule has 0 aliphatic carbocycles. The second-order valence-corrected chi connectivity index (χ2v) is 7.53. The van der Waals surface area contributed by atoms with E-state index in [0.29, 0.717) is 17.1 Å². The van der Waals surface area contributed by atoms with E-state index in [0.717, 1.165) is 16.1 Å². The number of benzene rings is 2. The lowest BCUT2D eigenvalue weighted by Crippen LogP contribution is -2.37. The van der Waals surface area contributed by atoms with E-state index in [2.05, 4.69) is 4.98 Å². The molecule has 28 heavy (non-hydrogen) atoms. The second kappa shape index (κ2) is 8.80. The molecule has 1 amide bonds. The first-order chi connectivity index (χ1) is 13.5. The Labute approximate surface area is 168 Å². The first kappa shape index (κ1) is 19.8. The highest BCUT2D eigenvalue weighted by Gasteiger charge is 2.25. The van der Waals surface area contributed by atoms with Gasteiger partial charge in [0, 0.05) is 19.2 Å². The van der Waals surface area contributed by atoms with Crippen molar-refractivity contribution in [1.82, 2.24) is 9.88 Å². The molecule has 2 aromatic carbocycles. The molecule has 6 heteroatoms. The summed E-state index contributed by atoms with van der Waals surface area (Å²) in [6, 6.07) is 19.3. The van der Waals surface area contributed by atoms with Gasteiger partial charge in [-0.25, -0.2) is 9.78 Å². The van der Waals surface area contributed by atoms with Crippen LogP contribution in [0.5, 0.6) is 0 Å². The zero-order chi connectivity index (χ0) is 20.1. The number of likely N-dealkylation sites (N-methyl/N-ethyl adjacent to an activating group) is 1. The molecule has 1 aromatic heterocycles. The number of aromatic nitrogens is 1. The molecule has 0 aliphatic heterocycles. The van der Waals surface area contributed by atoms with Gasteiger partial charge in [0.1, 0.15) is 9.88 Å². The average molecular weight is 394 g/mol. The minimum Gasteiger partial charge on any atom is -0.448 e. The lowest BCUT2D eigenvalue weighted by molar-refractivity contribution is -0.139. The van der Waals surface area contributed by atoms with Crippen LogP contribution in [0.15, 0.2) is 60.7 Å². The van der Waals surface area contributed by atoms with Crippen molar-refractivity contribution < 1.29 is 14.3 Å². The van der Waals surface area contributed by atoms with Crippen molar-refractivity contribution in [2.75, 3.05) is 7.05 Å². The van der Waals surface area contributed by atoms with Crippen LogP contribution in [0, 0.1) is 6.92 Å². The summed E-state index contributed by atoms with van der Waals surface area (Å²) in [7, 11) is 1.70. The minimum absolute atomic E-state index is 0.248. The van der Waals surface area contributed by atoms with Gasteiger partial charge in [0.15, 0.2) is 6.10 Å². The summed E-state index contributed by atoms with van der Waals surface area (Å²) < 4.78 is 5.43. The Morgan fingerprint density at radius 3 is 2.32 bits per heavy atom. The van der Waals surface area contributed by atoms with Crippen molar-refractivity contribution >= 4 is 23.2 Å². The van der Waals surface area contributed by atoms with E-state index in [4.69, 9.17) is 4.74 Å². The molecule has 1 heterocycles. The van der Waals surface area contributed by atoms with E-state index in [1.807, 2.05) is 60.7 Å². The summed E-state index contributed by atoms with van der Waals surface area (Å²) in [6.07, 6.45) is -0.872. The number of nitrogens with zero attached hydrogens (tertiary/aromatic N) is 2. The molecule has 0 saturated heterocycles. The molecule has 1 atom stereocenters. The summed E-state index contributed by atoms with van der Waals surface area (Å²) in [5.41, 5.74) is 2.56. The molecule has 0 radical (unpaired) electrons. The highest BCUT2D eigenvalue weighted by molar-refractivity contribution is 7.17. The first-order valence-corrected chi connectivity index (χ1v) is 9.80. The molecule has 0 aliphatic rings. The van der Waals surface area contributed by atoms with Crippen LogP contribution in [-0.4, -0.2) is 34.9 Å². The van der Waals surface area contributed by atoms with E-state index in [9.17, 15) is 9.59 Å². The summed E-state index contributed by atoms with van der Waals surface area (Å²) in [4.78, 5) is 31.6. The molecule has 0 bridgehead atoms. The van der Waals surface area contributed by atoms with Gasteiger partial charge < -0.3 is 9.64 Å². The number of esters is 1. The number of carbonyl (C=O) groups excluding carboxylic acids is 2. The van der Waals surface area contributed by atoms with Crippen LogP contribution < -0.4 is 0 Å². The predicted molar refractivity (Wildman–Crippen MR) is 110 cm³/mol. The lowest BCUT2D eigenvalue weighted by Gasteiger charge is -2.21. The zero-order valence-electron chi connectivity index (χ0n) is 16.1.